The quantitative estimate of drug-likeness (QED) is 0.838. The van der Waals surface area contributed by atoms with Crippen LogP contribution in [0.4, 0.5) is 5.95 Å². The van der Waals surface area contributed by atoms with E-state index >= 15 is 0 Å². The summed E-state index contributed by atoms with van der Waals surface area (Å²) in [5.41, 5.74) is 7.04. The van der Waals surface area contributed by atoms with Gasteiger partial charge >= 0.3 is 5.97 Å². The predicted molar refractivity (Wildman–Crippen MR) is 74.4 cm³/mol. The van der Waals surface area contributed by atoms with Crippen LogP contribution in [0.25, 0.3) is 11.0 Å². The van der Waals surface area contributed by atoms with E-state index in [2.05, 4.69) is 4.98 Å². The summed E-state index contributed by atoms with van der Waals surface area (Å²) in [6.45, 7) is 0. The van der Waals surface area contributed by atoms with Crippen LogP contribution in [-0.2, 0) is 16.6 Å². The van der Waals surface area contributed by atoms with Crippen LogP contribution in [0.2, 0.25) is 0 Å². The van der Waals surface area contributed by atoms with E-state index in [0.29, 0.717) is 5.95 Å². The van der Waals surface area contributed by atoms with Crippen molar-refractivity contribution in [2.45, 2.75) is 12.5 Å². The monoisotopic (exact) mass is 276 g/mol. The van der Waals surface area contributed by atoms with Gasteiger partial charge < -0.3 is 15.4 Å². The number of carbonyl (C=O) groups excluding carboxylic acids is 1. The van der Waals surface area contributed by atoms with Gasteiger partial charge in [0, 0.05) is 14.1 Å². The number of aryl methyl sites for hydroxylation is 1. The van der Waals surface area contributed by atoms with E-state index in [1.54, 1.807) is 18.7 Å². The number of nitrogens with zero attached hydrogens (tertiary/aromatic N) is 3. The van der Waals surface area contributed by atoms with Crippen molar-refractivity contribution >= 4 is 28.9 Å². The molecule has 0 aliphatic heterocycles. The van der Waals surface area contributed by atoms with Crippen LogP contribution in [0.3, 0.4) is 0 Å². The number of rotatable bonds is 4. The van der Waals surface area contributed by atoms with Crippen molar-refractivity contribution in [3.05, 3.63) is 24.3 Å². The molecule has 1 heterocycles. The normalized spacial score (nSPS) is 12.3. The van der Waals surface area contributed by atoms with Gasteiger partial charge in [0.25, 0.3) is 0 Å². The van der Waals surface area contributed by atoms with Crippen molar-refractivity contribution in [3.8, 4) is 0 Å². The molecule has 3 N–H and O–H groups in total. The van der Waals surface area contributed by atoms with Crippen molar-refractivity contribution in [3.63, 3.8) is 0 Å². The van der Waals surface area contributed by atoms with E-state index in [1.807, 2.05) is 24.3 Å². The lowest BCUT2D eigenvalue weighted by Gasteiger charge is -2.17. The van der Waals surface area contributed by atoms with Gasteiger partial charge in [-0.15, -0.1) is 0 Å². The smallest absolute Gasteiger partial charge is 0.321 e. The number of carboxylic acids is 1. The van der Waals surface area contributed by atoms with Crippen molar-refractivity contribution < 1.29 is 14.7 Å². The Bertz CT molecular complexity index is 665. The van der Waals surface area contributed by atoms with Crippen LogP contribution in [0.5, 0.6) is 0 Å². The summed E-state index contributed by atoms with van der Waals surface area (Å²) in [5, 5.41) is 8.74. The molecule has 7 heteroatoms. The van der Waals surface area contributed by atoms with Crippen LogP contribution in [0.1, 0.15) is 6.42 Å². The third-order valence-electron chi connectivity index (χ3n) is 3.15. The van der Waals surface area contributed by atoms with Crippen LogP contribution in [0.15, 0.2) is 24.3 Å². The number of carbonyl (C=O) groups is 2. The highest BCUT2D eigenvalue weighted by Crippen LogP contribution is 2.20. The third kappa shape index (κ3) is 2.48. The highest BCUT2D eigenvalue weighted by molar-refractivity contribution is 5.95. The van der Waals surface area contributed by atoms with Crippen molar-refractivity contribution in [2.75, 3.05) is 11.9 Å². The van der Waals surface area contributed by atoms with Gasteiger partial charge in [-0.05, 0) is 12.1 Å². The number of nitrogens with two attached hydrogens (primary N) is 1. The first-order valence-corrected chi connectivity index (χ1v) is 6.08. The van der Waals surface area contributed by atoms with Gasteiger partial charge in [0.1, 0.15) is 6.04 Å². The van der Waals surface area contributed by atoms with E-state index < -0.39 is 17.9 Å². The topological polar surface area (TPSA) is 101 Å². The molecule has 0 saturated heterocycles. The number of fused-ring (bicyclic) bond motifs is 1. The predicted octanol–water partition coefficient (Wildman–Crippen LogP) is 0.338. The molecule has 0 saturated carbocycles. The number of carboxylic acid groups (broad SMARTS) is 1. The fourth-order valence-electron chi connectivity index (χ4n) is 1.96. The van der Waals surface area contributed by atoms with Gasteiger partial charge in [-0.2, -0.15) is 0 Å². The summed E-state index contributed by atoms with van der Waals surface area (Å²) < 4.78 is 1.78. The Kier molecular flexibility index (Phi) is 3.71. The van der Waals surface area contributed by atoms with E-state index in [-0.39, 0.29) is 6.42 Å². The van der Waals surface area contributed by atoms with E-state index in [9.17, 15) is 9.59 Å². The maximum atomic E-state index is 12.0. The molecule has 2 aromatic rings. The summed E-state index contributed by atoms with van der Waals surface area (Å²) in [4.78, 5) is 28.4. The number of aliphatic carboxylic acids is 1. The minimum absolute atomic E-state index is 0.269. The lowest BCUT2D eigenvalue weighted by molar-refractivity contribution is -0.140. The zero-order valence-electron chi connectivity index (χ0n) is 11.3. The number of aromatic nitrogens is 2. The van der Waals surface area contributed by atoms with Crippen LogP contribution < -0.4 is 10.6 Å². The number of imidazole rings is 1. The number of hydrogen-bond donors (Lipinski definition) is 2. The highest BCUT2D eigenvalue weighted by Gasteiger charge is 2.22. The van der Waals surface area contributed by atoms with E-state index in [1.165, 1.54) is 4.90 Å². The van der Waals surface area contributed by atoms with Crippen molar-refractivity contribution in [1.82, 2.24) is 9.55 Å². The average Bonchev–Trinajstić information content (AvgIpc) is 2.75. The molecule has 0 radical (unpaired) electrons. The molecule has 0 aliphatic carbocycles. The Morgan fingerprint density at radius 3 is 2.70 bits per heavy atom. The fraction of sp³-hybridized carbons (Fsp3) is 0.308. The molecule has 20 heavy (non-hydrogen) atoms. The third-order valence-corrected chi connectivity index (χ3v) is 3.15. The van der Waals surface area contributed by atoms with Crippen molar-refractivity contribution in [1.29, 1.82) is 0 Å². The number of para-hydroxylation sites is 2. The minimum Gasteiger partial charge on any atom is -0.480 e. The molecule has 0 spiro atoms. The summed E-state index contributed by atoms with van der Waals surface area (Å²) in [7, 11) is 3.35. The number of hydrogen-bond acceptors (Lipinski definition) is 4. The average molecular weight is 276 g/mol. The van der Waals surface area contributed by atoms with E-state index in [0.717, 1.165) is 11.0 Å². The first-order chi connectivity index (χ1) is 9.41. The summed E-state index contributed by atoms with van der Waals surface area (Å²) in [6.07, 6.45) is -0.269. The van der Waals surface area contributed by atoms with Gasteiger partial charge in [0.2, 0.25) is 11.9 Å². The molecule has 1 aromatic heterocycles. The number of anilines is 1. The lowest BCUT2D eigenvalue weighted by Crippen LogP contribution is -2.38. The van der Waals surface area contributed by atoms with Crippen LogP contribution in [-0.4, -0.2) is 39.6 Å². The molecule has 106 valence electrons. The Morgan fingerprint density at radius 2 is 2.10 bits per heavy atom. The van der Waals surface area contributed by atoms with Gasteiger partial charge in [-0.25, -0.2) is 4.98 Å². The molecule has 2 rings (SSSR count). The second-order valence-electron chi connectivity index (χ2n) is 4.56. The largest absolute Gasteiger partial charge is 0.480 e. The minimum atomic E-state index is -1.21. The molecule has 0 fully saturated rings. The summed E-state index contributed by atoms with van der Waals surface area (Å²) in [6, 6.07) is 6.28. The molecule has 0 bridgehead atoms. The van der Waals surface area contributed by atoms with Gasteiger partial charge in [-0.1, -0.05) is 12.1 Å². The lowest BCUT2D eigenvalue weighted by atomic mass is 10.2. The maximum Gasteiger partial charge on any atom is 0.321 e. The first-order valence-electron chi connectivity index (χ1n) is 6.08. The Balaban J connectivity index is 2.27. The van der Waals surface area contributed by atoms with Gasteiger partial charge in [-0.3, -0.25) is 14.5 Å². The zero-order chi connectivity index (χ0) is 14.9. The van der Waals surface area contributed by atoms with E-state index in [4.69, 9.17) is 10.8 Å². The van der Waals surface area contributed by atoms with Crippen molar-refractivity contribution in [2.24, 2.45) is 12.8 Å². The van der Waals surface area contributed by atoms with Crippen LogP contribution in [0, 0.1) is 0 Å². The second kappa shape index (κ2) is 5.30. The zero-order valence-corrected chi connectivity index (χ0v) is 11.3. The molecule has 1 atom stereocenters. The molecule has 0 aliphatic rings. The summed E-state index contributed by atoms with van der Waals surface area (Å²) in [5.74, 6) is -1.14. The Hall–Kier alpha value is -2.41. The number of benzene rings is 1. The summed E-state index contributed by atoms with van der Waals surface area (Å²) >= 11 is 0. The molecular formula is C13H16N4O3. The molecule has 0 unspecified atom stereocenters. The fourth-order valence-corrected chi connectivity index (χ4v) is 1.96. The number of amides is 1. The molecule has 1 aromatic carbocycles. The van der Waals surface area contributed by atoms with Crippen LogP contribution >= 0.6 is 0 Å². The Labute approximate surface area is 115 Å². The molecule has 7 nitrogen and oxygen atoms in total. The highest BCUT2D eigenvalue weighted by atomic mass is 16.4. The molecule has 1 amide bonds. The first kappa shape index (κ1) is 14.0. The molecular weight excluding hydrogens is 260 g/mol. The van der Waals surface area contributed by atoms with Gasteiger partial charge in [0.15, 0.2) is 0 Å². The van der Waals surface area contributed by atoms with Gasteiger partial charge in [0.05, 0.1) is 17.5 Å². The maximum absolute atomic E-state index is 12.0. The standard InChI is InChI=1S/C13H16N4O3/c1-16-10-6-4-3-5-9(10)15-13(16)17(2)11(18)7-8(14)12(19)20/h3-6,8H,7,14H2,1-2H3,(H,19,20)/t8-/m0/s1. The Morgan fingerprint density at radius 1 is 1.45 bits per heavy atom. The SMILES string of the molecule is CN(C(=O)C[C@H](N)C(=O)O)c1nc2ccccc2n1C. The second-order valence-corrected chi connectivity index (χ2v) is 4.56.